The van der Waals surface area contributed by atoms with E-state index in [2.05, 4.69) is 22.5 Å². The van der Waals surface area contributed by atoms with Crippen molar-refractivity contribution in [3.05, 3.63) is 21.9 Å². The summed E-state index contributed by atoms with van der Waals surface area (Å²) in [5.74, 6) is -0.171. The highest BCUT2D eigenvalue weighted by Crippen LogP contribution is 2.25. The minimum absolute atomic E-state index is 0.119. The van der Waals surface area contributed by atoms with Gasteiger partial charge in [-0.2, -0.15) is 0 Å². The van der Waals surface area contributed by atoms with Crippen LogP contribution in [-0.4, -0.2) is 30.5 Å². The number of aromatic nitrogens is 1. The third-order valence-electron chi connectivity index (χ3n) is 3.33. The van der Waals surface area contributed by atoms with Crippen LogP contribution in [0.3, 0.4) is 0 Å². The van der Waals surface area contributed by atoms with Gasteiger partial charge < -0.3 is 15.6 Å². The van der Waals surface area contributed by atoms with E-state index in [1.807, 2.05) is 0 Å². The van der Waals surface area contributed by atoms with Crippen molar-refractivity contribution < 1.29 is 4.79 Å². The number of carbonyl (C=O) groups is 1. The minimum Gasteiger partial charge on any atom is -0.350 e. The summed E-state index contributed by atoms with van der Waals surface area (Å²) < 4.78 is 0. The van der Waals surface area contributed by atoms with Gasteiger partial charge >= 0.3 is 0 Å². The van der Waals surface area contributed by atoms with Gasteiger partial charge in [-0.05, 0) is 30.9 Å². The number of piperidine rings is 1. The van der Waals surface area contributed by atoms with Gasteiger partial charge in [0.1, 0.15) is 10.8 Å². The zero-order chi connectivity index (χ0) is 13.2. The Kier molecular flexibility index (Phi) is 4.20. The Morgan fingerprint density at radius 3 is 2.89 bits per heavy atom. The molecule has 3 N–H and O–H groups in total. The normalized spacial score (nSPS) is 23.9. The summed E-state index contributed by atoms with van der Waals surface area (Å²) in [6, 6.07) is 1.54. The number of amides is 1. The molecule has 1 amide bonds. The van der Waals surface area contributed by atoms with E-state index >= 15 is 0 Å². The van der Waals surface area contributed by atoms with Crippen molar-refractivity contribution in [2.24, 2.45) is 5.41 Å². The van der Waals surface area contributed by atoms with Gasteiger partial charge in [0.25, 0.3) is 5.91 Å². The lowest BCUT2D eigenvalue weighted by Crippen LogP contribution is -2.45. The van der Waals surface area contributed by atoms with E-state index < -0.39 is 0 Å². The topological polar surface area (TPSA) is 56.9 Å². The highest BCUT2D eigenvalue weighted by Gasteiger charge is 2.27. The molecule has 0 spiro atoms. The predicted octanol–water partition coefficient (Wildman–Crippen LogP) is 2.44. The Hall–Kier alpha value is -0.710. The number of rotatable bonds is 3. The highest BCUT2D eigenvalue weighted by atomic mass is 35.5. The quantitative estimate of drug-likeness (QED) is 0.801. The van der Waals surface area contributed by atoms with Crippen LogP contribution in [0.25, 0.3) is 0 Å². The van der Waals surface area contributed by atoms with E-state index in [1.54, 1.807) is 6.07 Å². The van der Waals surface area contributed by atoms with E-state index in [4.69, 9.17) is 23.2 Å². The number of hydrogen-bond acceptors (Lipinski definition) is 2. The van der Waals surface area contributed by atoms with Crippen LogP contribution in [0.5, 0.6) is 0 Å². The van der Waals surface area contributed by atoms with Gasteiger partial charge in [-0.25, -0.2) is 0 Å². The van der Waals surface area contributed by atoms with Gasteiger partial charge in [0.05, 0.1) is 5.02 Å². The Labute approximate surface area is 116 Å². The van der Waals surface area contributed by atoms with E-state index in [0.717, 1.165) is 25.9 Å². The lowest BCUT2D eigenvalue weighted by molar-refractivity contribution is 0.0920. The molecule has 0 saturated carbocycles. The Morgan fingerprint density at radius 1 is 1.56 bits per heavy atom. The number of aromatic amines is 1. The molecule has 1 unspecified atom stereocenters. The standard InChI is InChI=1S/C12H17Cl2N3O/c1-12(3-2-4-15-6-12)7-16-11(18)9-5-8(13)10(14)17-9/h5,15,17H,2-4,6-7H2,1H3,(H,16,18). The summed E-state index contributed by atoms with van der Waals surface area (Å²) in [5, 5.41) is 6.94. The first kappa shape index (κ1) is 13.7. The molecule has 1 aromatic heterocycles. The number of hydrogen-bond donors (Lipinski definition) is 3. The molecule has 18 heavy (non-hydrogen) atoms. The molecule has 0 aliphatic carbocycles. The molecule has 0 radical (unpaired) electrons. The minimum atomic E-state index is -0.171. The molecular formula is C12H17Cl2N3O. The summed E-state index contributed by atoms with van der Waals surface area (Å²) in [5.41, 5.74) is 0.519. The largest absolute Gasteiger partial charge is 0.350 e. The Balaban J connectivity index is 1.91. The highest BCUT2D eigenvalue weighted by molar-refractivity contribution is 6.41. The second-order valence-electron chi connectivity index (χ2n) is 5.12. The number of nitrogens with one attached hydrogen (secondary N) is 3. The van der Waals surface area contributed by atoms with Crippen LogP contribution in [0.4, 0.5) is 0 Å². The van der Waals surface area contributed by atoms with Crippen LogP contribution in [-0.2, 0) is 0 Å². The second kappa shape index (κ2) is 5.51. The van der Waals surface area contributed by atoms with Crippen molar-refractivity contribution in [1.29, 1.82) is 0 Å². The predicted molar refractivity (Wildman–Crippen MR) is 73.4 cm³/mol. The molecule has 1 aliphatic heterocycles. The smallest absolute Gasteiger partial charge is 0.267 e. The van der Waals surface area contributed by atoms with Gasteiger partial charge in [-0.15, -0.1) is 0 Å². The first-order valence-electron chi connectivity index (χ1n) is 6.03. The fourth-order valence-electron chi connectivity index (χ4n) is 2.18. The molecule has 100 valence electrons. The number of H-pyrrole nitrogens is 1. The van der Waals surface area contributed by atoms with Crippen LogP contribution in [0, 0.1) is 5.41 Å². The zero-order valence-electron chi connectivity index (χ0n) is 10.3. The van der Waals surface area contributed by atoms with Gasteiger partial charge in [0.2, 0.25) is 0 Å². The van der Waals surface area contributed by atoms with Gasteiger partial charge in [-0.3, -0.25) is 4.79 Å². The molecule has 1 aromatic rings. The van der Waals surface area contributed by atoms with E-state index in [-0.39, 0.29) is 11.3 Å². The summed E-state index contributed by atoms with van der Waals surface area (Å²) >= 11 is 11.6. The maximum Gasteiger partial charge on any atom is 0.267 e. The van der Waals surface area contributed by atoms with Gasteiger partial charge in [0, 0.05) is 13.1 Å². The molecule has 1 atom stereocenters. The summed E-state index contributed by atoms with van der Waals surface area (Å²) in [4.78, 5) is 14.7. The average Bonchev–Trinajstić information content (AvgIpc) is 2.68. The van der Waals surface area contributed by atoms with E-state index in [0.29, 0.717) is 22.4 Å². The van der Waals surface area contributed by atoms with Crippen molar-refractivity contribution >= 4 is 29.1 Å². The molecule has 1 saturated heterocycles. The monoisotopic (exact) mass is 289 g/mol. The third kappa shape index (κ3) is 3.19. The van der Waals surface area contributed by atoms with Gasteiger partial charge in [-0.1, -0.05) is 30.1 Å². The first-order valence-corrected chi connectivity index (χ1v) is 6.79. The van der Waals surface area contributed by atoms with E-state index in [9.17, 15) is 4.79 Å². The van der Waals surface area contributed by atoms with Crippen LogP contribution in [0.1, 0.15) is 30.3 Å². The molecule has 4 nitrogen and oxygen atoms in total. The SMILES string of the molecule is CC1(CNC(=O)c2cc(Cl)c(Cl)[nH]2)CCCNC1. The summed E-state index contributed by atoms with van der Waals surface area (Å²) in [7, 11) is 0. The second-order valence-corrected chi connectivity index (χ2v) is 5.90. The van der Waals surface area contributed by atoms with Crippen LogP contribution in [0.15, 0.2) is 6.07 Å². The van der Waals surface area contributed by atoms with Crippen molar-refractivity contribution in [2.45, 2.75) is 19.8 Å². The van der Waals surface area contributed by atoms with Crippen molar-refractivity contribution in [3.8, 4) is 0 Å². The third-order valence-corrected chi connectivity index (χ3v) is 4.02. The molecule has 6 heteroatoms. The van der Waals surface area contributed by atoms with Crippen LogP contribution < -0.4 is 10.6 Å². The first-order chi connectivity index (χ1) is 8.50. The van der Waals surface area contributed by atoms with E-state index in [1.165, 1.54) is 0 Å². The zero-order valence-corrected chi connectivity index (χ0v) is 11.8. The molecular weight excluding hydrogens is 273 g/mol. The average molecular weight is 290 g/mol. The van der Waals surface area contributed by atoms with Crippen LogP contribution in [0.2, 0.25) is 10.2 Å². The molecule has 0 aromatic carbocycles. The maximum atomic E-state index is 11.9. The Bertz CT molecular complexity index is 419. The molecule has 2 rings (SSSR count). The lowest BCUT2D eigenvalue weighted by atomic mass is 9.83. The Morgan fingerprint density at radius 2 is 2.33 bits per heavy atom. The lowest BCUT2D eigenvalue weighted by Gasteiger charge is -2.34. The maximum absolute atomic E-state index is 11.9. The summed E-state index contributed by atoms with van der Waals surface area (Å²) in [6.45, 7) is 4.81. The molecule has 1 fully saturated rings. The van der Waals surface area contributed by atoms with Gasteiger partial charge in [0.15, 0.2) is 0 Å². The molecule has 0 bridgehead atoms. The number of halogens is 2. The molecule has 1 aliphatic rings. The van der Waals surface area contributed by atoms with Crippen molar-refractivity contribution in [2.75, 3.05) is 19.6 Å². The van der Waals surface area contributed by atoms with Crippen molar-refractivity contribution in [3.63, 3.8) is 0 Å². The van der Waals surface area contributed by atoms with Crippen LogP contribution >= 0.6 is 23.2 Å². The summed E-state index contributed by atoms with van der Waals surface area (Å²) in [6.07, 6.45) is 2.26. The fraction of sp³-hybridized carbons (Fsp3) is 0.583. The molecule has 2 heterocycles. The fourth-order valence-corrected chi connectivity index (χ4v) is 2.50. The van der Waals surface area contributed by atoms with Crippen molar-refractivity contribution in [1.82, 2.24) is 15.6 Å². The number of carbonyl (C=O) groups excluding carboxylic acids is 1.